The highest BCUT2D eigenvalue weighted by Gasteiger charge is 2.58. The van der Waals surface area contributed by atoms with Crippen molar-refractivity contribution in [2.24, 2.45) is 11.3 Å². The summed E-state index contributed by atoms with van der Waals surface area (Å²) in [6, 6.07) is 0. The third-order valence-electron chi connectivity index (χ3n) is 4.24. The maximum absolute atomic E-state index is 13.3. The number of hydrogen-bond acceptors (Lipinski definition) is 0. The van der Waals surface area contributed by atoms with Crippen LogP contribution in [0.5, 0.6) is 0 Å². The van der Waals surface area contributed by atoms with Crippen molar-refractivity contribution < 1.29 is 13.2 Å². The second kappa shape index (κ2) is 5.42. The van der Waals surface area contributed by atoms with Gasteiger partial charge in [0.25, 0.3) is 0 Å². The van der Waals surface area contributed by atoms with E-state index in [1.807, 2.05) is 13.8 Å². The van der Waals surface area contributed by atoms with Gasteiger partial charge in [0.1, 0.15) is 0 Å². The molecule has 1 fully saturated rings. The molecule has 1 aliphatic rings. The van der Waals surface area contributed by atoms with Crippen LogP contribution in [0.25, 0.3) is 0 Å². The van der Waals surface area contributed by atoms with Crippen molar-refractivity contribution in [2.45, 2.75) is 71.4 Å². The normalized spacial score (nSPS) is 22.3. The lowest BCUT2D eigenvalue weighted by atomic mass is 9.70. The van der Waals surface area contributed by atoms with Crippen molar-refractivity contribution in [3.05, 3.63) is 0 Å². The van der Waals surface area contributed by atoms with Gasteiger partial charge in [-0.3, -0.25) is 0 Å². The molecule has 0 heterocycles. The fraction of sp³-hybridized carbons (Fsp3) is 1.00. The number of rotatable bonds is 5. The third-order valence-corrected chi connectivity index (χ3v) is 4.24. The Morgan fingerprint density at radius 2 is 1.69 bits per heavy atom. The molecule has 96 valence electrons. The lowest BCUT2D eigenvalue weighted by molar-refractivity contribution is -0.242. The summed E-state index contributed by atoms with van der Waals surface area (Å²) in [5.74, 6) is -0.157. The van der Waals surface area contributed by atoms with Crippen molar-refractivity contribution in [3.63, 3.8) is 0 Å². The average Bonchev–Trinajstić information content (AvgIpc) is 2.68. The smallest absolute Gasteiger partial charge is 0.170 e. The number of halogens is 3. The molecule has 1 rings (SSSR count). The van der Waals surface area contributed by atoms with Crippen molar-refractivity contribution in [2.75, 3.05) is 0 Å². The minimum Gasteiger partial charge on any atom is -0.170 e. The van der Waals surface area contributed by atoms with Crippen molar-refractivity contribution in [1.82, 2.24) is 0 Å². The van der Waals surface area contributed by atoms with E-state index in [4.69, 9.17) is 0 Å². The summed E-state index contributed by atoms with van der Waals surface area (Å²) in [6.45, 7) is 3.95. The molecule has 1 unspecified atom stereocenters. The summed E-state index contributed by atoms with van der Waals surface area (Å²) in [6.07, 6.45) is 1.55. The minimum absolute atomic E-state index is 0.157. The largest absolute Gasteiger partial charge is 0.394 e. The first-order valence-electron chi connectivity index (χ1n) is 6.54. The van der Waals surface area contributed by atoms with Gasteiger partial charge < -0.3 is 0 Å². The maximum Gasteiger partial charge on any atom is 0.394 e. The summed E-state index contributed by atoms with van der Waals surface area (Å²) < 4.78 is 39.8. The molecule has 0 bridgehead atoms. The van der Waals surface area contributed by atoms with Crippen LogP contribution < -0.4 is 0 Å². The molecule has 3 heteroatoms. The lowest BCUT2D eigenvalue weighted by Gasteiger charge is -2.39. The van der Waals surface area contributed by atoms with Crippen LogP contribution in [0.15, 0.2) is 0 Å². The van der Waals surface area contributed by atoms with Crippen LogP contribution in [0, 0.1) is 11.3 Å². The molecule has 0 aliphatic heterocycles. The van der Waals surface area contributed by atoms with Gasteiger partial charge in [0.2, 0.25) is 0 Å². The second-order valence-electron chi connectivity index (χ2n) is 5.11. The first-order chi connectivity index (χ1) is 7.48. The molecule has 0 radical (unpaired) electrons. The van der Waals surface area contributed by atoms with Crippen LogP contribution in [0.2, 0.25) is 0 Å². The van der Waals surface area contributed by atoms with Gasteiger partial charge in [-0.1, -0.05) is 46.0 Å². The lowest BCUT2D eigenvalue weighted by Crippen LogP contribution is -2.42. The van der Waals surface area contributed by atoms with Crippen LogP contribution in [0.1, 0.15) is 65.2 Å². The van der Waals surface area contributed by atoms with E-state index < -0.39 is 11.6 Å². The van der Waals surface area contributed by atoms with Gasteiger partial charge in [-0.05, 0) is 25.2 Å². The standard InChI is InChI=1S/C13H23F3/c1-3-5-8-11(4-2)12(13(14,15)16)9-6-7-10-12/h11H,3-10H2,1-2H3. The highest BCUT2D eigenvalue weighted by Crippen LogP contribution is 2.57. The van der Waals surface area contributed by atoms with E-state index in [0.29, 0.717) is 19.3 Å². The van der Waals surface area contributed by atoms with Crippen molar-refractivity contribution in [3.8, 4) is 0 Å². The Kier molecular flexibility index (Phi) is 4.69. The quantitative estimate of drug-likeness (QED) is 0.605. The molecular weight excluding hydrogens is 213 g/mol. The molecule has 0 aromatic heterocycles. The average molecular weight is 236 g/mol. The van der Waals surface area contributed by atoms with Crippen LogP contribution >= 0.6 is 0 Å². The third kappa shape index (κ3) is 2.54. The number of unbranched alkanes of at least 4 members (excludes halogenated alkanes) is 1. The molecule has 1 atom stereocenters. The van der Waals surface area contributed by atoms with E-state index in [-0.39, 0.29) is 5.92 Å². The highest BCUT2D eigenvalue weighted by atomic mass is 19.4. The van der Waals surface area contributed by atoms with E-state index in [1.54, 1.807) is 0 Å². The molecule has 0 nitrogen and oxygen atoms in total. The van der Waals surface area contributed by atoms with Gasteiger partial charge in [-0.25, -0.2) is 0 Å². The Morgan fingerprint density at radius 1 is 1.12 bits per heavy atom. The number of alkyl halides is 3. The molecule has 1 aliphatic carbocycles. The monoisotopic (exact) mass is 236 g/mol. The van der Waals surface area contributed by atoms with E-state index in [2.05, 4.69) is 0 Å². The molecule has 0 N–H and O–H groups in total. The summed E-state index contributed by atoms with van der Waals surface area (Å²) >= 11 is 0. The van der Waals surface area contributed by atoms with Gasteiger partial charge in [0.05, 0.1) is 5.41 Å². The Labute approximate surface area is 96.6 Å². The van der Waals surface area contributed by atoms with Crippen LogP contribution in [0.3, 0.4) is 0 Å². The first-order valence-corrected chi connectivity index (χ1v) is 6.54. The fourth-order valence-corrected chi connectivity index (χ4v) is 3.25. The number of hydrogen-bond donors (Lipinski definition) is 0. The molecule has 0 aromatic carbocycles. The van der Waals surface area contributed by atoms with Crippen molar-refractivity contribution >= 4 is 0 Å². The van der Waals surface area contributed by atoms with Crippen molar-refractivity contribution in [1.29, 1.82) is 0 Å². The fourth-order valence-electron chi connectivity index (χ4n) is 3.25. The zero-order chi connectivity index (χ0) is 12.2. The zero-order valence-electron chi connectivity index (χ0n) is 10.4. The summed E-state index contributed by atoms with van der Waals surface area (Å²) in [5.41, 5.74) is -1.35. The van der Waals surface area contributed by atoms with Gasteiger partial charge in [0, 0.05) is 0 Å². The molecule has 0 spiro atoms. The SMILES string of the molecule is CCCCC(CC)C1(C(F)(F)F)CCCC1. The van der Waals surface area contributed by atoms with Crippen LogP contribution in [-0.4, -0.2) is 6.18 Å². The second-order valence-corrected chi connectivity index (χ2v) is 5.11. The molecular formula is C13H23F3. The minimum atomic E-state index is -4.00. The van der Waals surface area contributed by atoms with E-state index in [9.17, 15) is 13.2 Å². The summed E-state index contributed by atoms with van der Waals surface area (Å²) in [4.78, 5) is 0. The molecule has 16 heavy (non-hydrogen) atoms. The molecule has 0 aromatic rings. The Morgan fingerprint density at radius 3 is 2.06 bits per heavy atom. The van der Waals surface area contributed by atoms with E-state index in [0.717, 1.165) is 32.1 Å². The summed E-state index contributed by atoms with van der Waals surface area (Å²) in [7, 11) is 0. The Hall–Kier alpha value is -0.210. The predicted molar refractivity (Wildman–Crippen MR) is 60.3 cm³/mol. The maximum atomic E-state index is 13.3. The predicted octanol–water partition coefficient (Wildman–Crippen LogP) is 5.33. The Balaban J connectivity index is 2.82. The van der Waals surface area contributed by atoms with Gasteiger partial charge >= 0.3 is 6.18 Å². The Bertz CT molecular complexity index is 202. The highest BCUT2D eigenvalue weighted by molar-refractivity contribution is 4.95. The van der Waals surface area contributed by atoms with Gasteiger partial charge in [-0.15, -0.1) is 0 Å². The van der Waals surface area contributed by atoms with E-state index >= 15 is 0 Å². The topological polar surface area (TPSA) is 0 Å². The first kappa shape index (κ1) is 13.9. The van der Waals surface area contributed by atoms with Crippen LogP contribution in [-0.2, 0) is 0 Å². The molecule has 1 saturated carbocycles. The molecule has 0 saturated heterocycles. The zero-order valence-corrected chi connectivity index (χ0v) is 10.4. The van der Waals surface area contributed by atoms with E-state index in [1.165, 1.54) is 0 Å². The van der Waals surface area contributed by atoms with Gasteiger partial charge in [-0.2, -0.15) is 13.2 Å². The van der Waals surface area contributed by atoms with Crippen LogP contribution in [0.4, 0.5) is 13.2 Å². The van der Waals surface area contributed by atoms with Gasteiger partial charge in [0.15, 0.2) is 0 Å². The summed E-state index contributed by atoms with van der Waals surface area (Å²) in [5, 5.41) is 0. The molecule has 0 amide bonds.